The molecule has 0 unspecified atom stereocenters. The normalized spacial score (nSPS) is 8.89. The van der Waals surface area contributed by atoms with Crippen LogP contribution < -0.4 is 14.0 Å². The lowest BCUT2D eigenvalue weighted by molar-refractivity contribution is 0.415. The Bertz CT molecular complexity index is 499. The van der Waals surface area contributed by atoms with Crippen molar-refractivity contribution in [2.75, 3.05) is 0 Å². The number of rotatable bonds is 4. The zero-order chi connectivity index (χ0) is 13.9. The fourth-order valence-electron chi connectivity index (χ4n) is 1.19. The fourth-order valence-corrected chi connectivity index (χ4v) is 1.89. The topological polar surface area (TPSA) is 97.3 Å². The number of benzene rings is 2. The highest BCUT2D eigenvalue weighted by Crippen LogP contribution is 2.29. The minimum atomic E-state index is -2.54. The van der Waals surface area contributed by atoms with E-state index in [0.29, 0.717) is 11.5 Å². The maximum Gasteiger partial charge on any atom is 0.418 e. The molecule has 2 aromatic carbocycles. The Balaban J connectivity index is 0.000000550. The summed E-state index contributed by atoms with van der Waals surface area (Å²) in [6, 6.07) is 17.9. The van der Waals surface area contributed by atoms with Crippen LogP contribution in [0.25, 0.3) is 0 Å². The van der Waals surface area contributed by atoms with E-state index < -0.39 is 8.25 Å². The van der Waals surface area contributed by atoms with Crippen molar-refractivity contribution in [1.82, 2.24) is 4.91 Å². The van der Waals surface area contributed by atoms with Gasteiger partial charge in [-0.2, -0.15) is 0 Å². The molecule has 0 aliphatic rings. The Labute approximate surface area is 111 Å². The number of nitrogens with one attached hydrogen (secondary N) is 2. The van der Waals surface area contributed by atoms with Gasteiger partial charge >= 0.3 is 8.25 Å². The van der Waals surface area contributed by atoms with E-state index in [1.807, 2.05) is 41.3 Å². The summed E-state index contributed by atoms with van der Waals surface area (Å²) in [5.41, 5.74) is 11.0. The summed E-state index contributed by atoms with van der Waals surface area (Å²) in [6.45, 7) is 0. The summed E-state index contributed by atoms with van der Waals surface area (Å²) in [7, 11) is -2.54. The lowest BCUT2D eigenvalue weighted by Crippen LogP contribution is -1.87. The summed E-state index contributed by atoms with van der Waals surface area (Å²) in [5, 5.41) is 0. The van der Waals surface area contributed by atoms with Crippen molar-refractivity contribution in [1.29, 1.82) is 11.1 Å². The number of nitrogens with zero attached hydrogens (tertiary/aromatic N) is 1. The summed E-state index contributed by atoms with van der Waals surface area (Å²) in [5.74, 6) is 1.09. The molecule has 0 aromatic heterocycles. The third kappa shape index (κ3) is 6.17. The van der Waals surface area contributed by atoms with Crippen molar-refractivity contribution in [2.24, 2.45) is 0 Å². The molecule has 2 N–H and O–H groups in total. The first kappa shape index (κ1) is 14.6. The number of hydrogen-bond donors (Lipinski definition) is 2. The molecule has 0 aliphatic carbocycles. The quantitative estimate of drug-likeness (QED) is 0.507. The minimum absolute atomic E-state index is 0.544. The van der Waals surface area contributed by atoms with Gasteiger partial charge in [0.2, 0.25) is 4.91 Å². The summed E-state index contributed by atoms with van der Waals surface area (Å²) < 4.78 is 21.8. The molecule has 0 radical (unpaired) electrons. The highest BCUT2D eigenvalue weighted by atomic mass is 31.1. The molecule has 0 atom stereocenters. The van der Waals surface area contributed by atoms with Crippen LogP contribution in [0.1, 0.15) is 0 Å². The molecule has 2 aromatic rings. The van der Waals surface area contributed by atoms with Gasteiger partial charge in [-0.1, -0.05) is 36.4 Å². The van der Waals surface area contributed by atoms with E-state index in [1.54, 1.807) is 24.3 Å². The smallest absolute Gasteiger partial charge is 0.418 e. The van der Waals surface area contributed by atoms with Crippen LogP contribution in [0.2, 0.25) is 0 Å². The Morgan fingerprint density at radius 2 is 1.11 bits per heavy atom. The van der Waals surface area contributed by atoms with E-state index in [9.17, 15) is 4.57 Å². The van der Waals surface area contributed by atoms with Crippen molar-refractivity contribution in [2.45, 2.75) is 0 Å². The van der Waals surface area contributed by atoms with Crippen molar-refractivity contribution in [3.05, 3.63) is 60.7 Å². The second-order valence-electron chi connectivity index (χ2n) is 3.19. The molecule has 7 heteroatoms. The number of para-hydroxylation sites is 2. The van der Waals surface area contributed by atoms with Gasteiger partial charge < -0.3 is 9.05 Å². The van der Waals surface area contributed by atoms with Crippen LogP contribution in [0.4, 0.5) is 0 Å². The molecule has 0 fully saturated rings. The largest absolute Gasteiger partial charge is 0.418 e. The van der Waals surface area contributed by atoms with Crippen molar-refractivity contribution in [3.8, 4) is 11.5 Å². The first-order valence-electron chi connectivity index (χ1n) is 5.29. The Hall–Kier alpha value is -2.42. The monoisotopic (exact) mass is 278 g/mol. The molecule has 2 rings (SSSR count). The van der Waals surface area contributed by atoms with Crippen molar-refractivity contribution < 1.29 is 13.6 Å². The molecule has 19 heavy (non-hydrogen) atoms. The van der Waals surface area contributed by atoms with Crippen LogP contribution in [0.15, 0.2) is 60.7 Å². The van der Waals surface area contributed by atoms with Gasteiger partial charge in [-0.25, -0.2) is 4.57 Å². The molecule has 0 saturated carbocycles. The lowest BCUT2D eigenvalue weighted by Gasteiger charge is -2.07. The highest BCUT2D eigenvalue weighted by Gasteiger charge is 2.02. The number of hydrogen-bond acceptors (Lipinski definition) is 5. The van der Waals surface area contributed by atoms with E-state index >= 15 is 0 Å². The van der Waals surface area contributed by atoms with Gasteiger partial charge in [0.15, 0.2) is 0 Å². The standard InChI is InChI=1S/C12H11O3P.H2N3/c13-16(14-11-7-3-1-4-8-11)15-12-9-5-2-6-10-12;1-3-2/h1-10,16H;1-2H/q;+1. The maximum absolute atomic E-state index is 11.5. The zero-order valence-corrected chi connectivity index (χ0v) is 10.9. The molecule has 98 valence electrons. The molecule has 0 amide bonds. The van der Waals surface area contributed by atoms with E-state index in [-0.39, 0.29) is 0 Å². The van der Waals surface area contributed by atoms with E-state index in [0.717, 1.165) is 0 Å². The van der Waals surface area contributed by atoms with Gasteiger partial charge in [0.05, 0.1) is 0 Å². The summed E-state index contributed by atoms with van der Waals surface area (Å²) in [6.07, 6.45) is 0. The molecule has 0 saturated heterocycles. The molecular weight excluding hydrogens is 265 g/mol. The minimum Gasteiger partial charge on any atom is -0.418 e. The highest BCUT2D eigenvalue weighted by molar-refractivity contribution is 7.34. The van der Waals surface area contributed by atoms with Gasteiger partial charge in [-0.15, -0.1) is 0 Å². The molecule has 0 spiro atoms. The molecule has 0 aliphatic heterocycles. The van der Waals surface area contributed by atoms with Crippen LogP contribution in [-0.2, 0) is 4.57 Å². The Morgan fingerprint density at radius 1 is 0.789 bits per heavy atom. The van der Waals surface area contributed by atoms with E-state index in [1.165, 1.54) is 0 Å². The van der Waals surface area contributed by atoms with Gasteiger partial charge in [-0.3, -0.25) is 0 Å². The maximum atomic E-state index is 11.5. The zero-order valence-electron chi connectivity index (χ0n) is 9.95. The fraction of sp³-hybridized carbons (Fsp3) is 0. The van der Waals surface area contributed by atoms with E-state index in [2.05, 4.69) is 0 Å². The van der Waals surface area contributed by atoms with Crippen LogP contribution in [0, 0.1) is 11.1 Å². The summed E-state index contributed by atoms with van der Waals surface area (Å²) in [4.78, 5) is 2.00. The average Bonchev–Trinajstić information content (AvgIpc) is 2.41. The second-order valence-corrected chi connectivity index (χ2v) is 4.10. The van der Waals surface area contributed by atoms with Crippen LogP contribution >= 0.6 is 8.25 Å². The predicted molar refractivity (Wildman–Crippen MR) is 70.7 cm³/mol. The average molecular weight is 278 g/mol. The van der Waals surface area contributed by atoms with E-state index in [4.69, 9.17) is 20.1 Å². The lowest BCUT2D eigenvalue weighted by atomic mass is 10.3. The van der Waals surface area contributed by atoms with Crippen molar-refractivity contribution >= 4 is 8.25 Å². The third-order valence-corrected chi connectivity index (χ3v) is 2.69. The van der Waals surface area contributed by atoms with Gasteiger partial charge in [0.25, 0.3) is 0 Å². The molecule has 0 bridgehead atoms. The van der Waals surface area contributed by atoms with Crippen LogP contribution in [-0.4, -0.2) is 0 Å². The molecule has 6 nitrogen and oxygen atoms in total. The Morgan fingerprint density at radius 3 is 1.42 bits per heavy atom. The van der Waals surface area contributed by atoms with Crippen LogP contribution in [0.5, 0.6) is 11.5 Å². The van der Waals surface area contributed by atoms with Gasteiger partial charge in [0, 0.05) is 0 Å². The first-order chi connectivity index (χ1) is 9.26. The third-order valence-electron chi connectivity index (χ3n) is 1.89. The molecule has 0 heterocycles. The van der Waals surface area contributed by atoms with Crippen molar-refractivity contribution in [3.63, 3.8) is 0 Å². The van der Waals surface area contributed by atoms with Gasteiger partial charge in [-0.05, 0) is 24.3 Å². The van der Waals surface area contributed by atoms with Crippen LogP contribution in [0.3, 0.4) is 0 Å². The Kier molecular flexibility index (Phi) is 6.66. The summed E-state index contributed by atoms with van der Waals surface area (Å²) >= 11 is 0. The molecular formula is C12H13N3O3P+. The second kappa shape index (κ2) is 8.64. The van der Waals surface area contributed by atoms with Gasteiger partial charge in [0.1, 0.15) is 22.6 Å². The first-order valence-corrected chi connectivity index (χ1v) is 6.51. The predicted octanol–water partition coefficient (Wildman–Crippen LogP) is 3.65. The SMILES string of the molecule is N=[N+]=N.O=[PH](Oc1ccccc1)Oc1ccccc1.